The van der Waals surface area contributed by atoms with E-state index in [4.69, 9.17) is 9.94 Å². The van der Waals surface area contributed by atoms with E-state index in [-0.39, 0.29) is 5.91 Å². The summed E-state index contributed by atoms with van der Waals surface area (Å²) in [5, 5.41) is 9.76. The Labute approximate surface area is 168 Å². The summed E-state index contributed by atoms with van der Waals surface area (Å²) < 4.78 is 5.82. The highest BCUT2D eigenvalue weighted by molar-refractivity contribution is 7.11. The fraction of sp³-hybridized carbons (Fsp3) is 0.450. The number of hydrogen-bond donors (Lipinski definition) is 2. The van der Waals surface area contributed by atoms with E-state index in [2.05, 4.69) is 4.98 Å². The van der Waals surface area contributed by atoms with Crippen molar-refractivity contribution in [2.45, 2.75) is 52.2 Å². The molecule has 2 atom stereocenters. The topological polar surface area (TPSA) is 91.8 Å². The molecule has 1 aromatic heterocycles. The largest absolute Gasteiger partial charge is 0.486 e. The van der Waals surface area contributed by atoms with E-state index in [1.54, 1.807) is 23.7 Å². The second-order valence-electron chi connectivity index (χ2n) is 7.29. The van der Waals surface area contributed by atoms with Crippen molar-refractivity contribution in [1.29, 1.82) is 0 Å². The third-order valence-corrected chi connectivity index (χ3v) is 6.52. The Balaban J connectivity index is 1.68. The maximum absolute atomic E-state index is 12.9. The maximum atomic E-state index is 12.9. The van der Waals surface area contributed by atoms with Crippen LogP contribution < -0.4 is 10.2 Å². The molecule has 1 aliphatic rings. The summed E-state index contributed by atoms with van der Waals surface area (Å²) in [7, 11) is 0. The van der Waals surface area contributed by atoms with Crippen molar-refractivity contribution in [2.24, 2.45) is 0 Å². The molecule has 0 spiro atoms. The van der Waals surface area contributed by atoms with Crippen LogP contribution in [-0.2, 0) is 21.6 Å². The second-order valence-corrected chi connectivity index (χ2v) is 8.58. The molecule has 2 unspecified atom stereocenters. The van der Waals surface area contributed by atoms with E-state index in [0.717, 1.165) is 16.3 Å². The molecule has 0 bridgehead atoms. The Morgan fingerprint density at radius 2 is 2.07 bits per heavy atom. The number of hydroxylamine groups is 1. The molecule has 150 valence electrons. The van der Waals surface area contributed by atoms with Gasteiger partial charge in [0.2, 0.25) is 5.91 Å². The van der Waals surface area contributed by atoms with E-state index in [1.165, 1.54) is 9.78 Å². The van der Waals surface area contributed by atoms with Crippen molar-refractivity contribution in [3.05, 3.63) is 45.4 Å². The molecule has 1 fully saturated rings. The Morgan fingerprint density at radius 3 is 2.64 bits per heavy atom. The first-order valence-electron chi connectivity index (χ1n) is 9.17. The van der Waals surface area contributed by atoms with E-state index < -0.39 is 17.4 Å². The quantitative estimate of drug-likeness (QED) is 0.572. The number of aryl methyl sites for hydroxylation is 2. The van der Waals surface area contributed by atoms with Crippen molar-refractivity contribution >= 4 is 23.2 Å². The van der Waals surface area contributed by atoms with Gasteiger partial charge in [0.25, 0.3) is 5.91 Å². The molecule has 1 saturated heterocycles. The molecule has 28 heavy (non-hydrogen) atoms. The molecule has 3 rings (SSSR count). The molecular weight excluding hydrogens is 378 g/mol. The third kappa shape index (κ3) is 3.74. The zero-order chi connectivity index (χ0) is 20.5. The zero-order valence-electron chi connectivity index (χ0n) is 16.5. The number of hydrogen-bond acceptors (Lipinski definition) is 6. The van der Waals surface area contributed by atoms with Gasteiger partial charge in [-0.3, -0.25) is 14.8 Å². The van der Waals surface area contributed by atoms with E-state index in [0.29, 0.717) is 25.3 Å². The van der Waals surface area contributed by atoms with Crippen LogP contribution in [0.25, 0.3) is 0 Å². The molecule has 2 amide bonds. The summed E-state index contributed by atoms with van der Waals surface area (Å²) in [4.78, 5) is 31.8. The molecule has 2 aromatic rings. The van der Waals surface area contributed by atoms with Gasteiger partial charge in [-0.1, -0.05) is 12.1 Å². The second kappa shape index (κ2) is 7.89. The highest BCUT2D eigenvalue weighted by Crippen LogP contribution is 2.37. The first kappa shape index (κ1) is 20.3. The summed E-state index contributed by atoms with van der Waals surface area (Å²) in [6, 6.07) is 6.78. The number of rotatable bonds is 6. The van der Waals surface area contributed by atoms with Crippen LogP contribution in [0.5, 0.6) is 5.75 Å². The lowest BCUT2D eigenvalue weighted by Crippen LogP contribution is -2.47. The van der Waals surface area contributed by atoms with Gasteiger partial charge in [0, 0.05) is 11.4 Å². The van der Waals surface area contributed by atoms with Gasteiger partial charge >= 0.3 is 0 Å². The molecule has 0 radical (unpaired) electrons. The van der Waals surface area contributed by atoms with E-state index in [1.807, 2.05) is 45.0 Å². The van der Waals surface area contributed by atoms with Gasteiger partial charge in [-0.2, -0.15) is 0 Å². The van der Waals surface area contributed by atoms with E-state index in [9.17, 15) is 9.59 Å². The van der Waals surface area contributed by atoms with Gasteiger partial charge in [0.1, 0.15) is 23.4 Å². The summed E-state index contributed by atoms with van der Waals surface area (Å²) in [5.74, 6) is 0.00759. The third-order valence-electron chi connectivity index (χ3n) is 5.47. The van der Waals surface area contributed by atoms with Gasteiger partial charge in [0.15, 0.2) is 0 Å². The van der Waals surface area contributed by atoms with Gasteiger partial charge in [-0.25, -0.2) is 10.5 Å². The summed E-state index contributed by atoms with van der Waals surface area (Å²) >= 11 is 1.63. The lowest BCUT2D eigenvalue weighted by atomic mass is 9.81. The van der Waals surface area contributed by atoms with Crippen LogP contribution in [0.3, 0.4) is 0 Å². The normalized spacial score (nSPS) is 20.3. The molecule has 1 aromatic carbocycles. The van der Waals surface area contributed by atoms with Crippen molar-refractivity contribution in [2.75, 3.05) is 6.54 Å². The minimum atomic E-state index is -0.716. The number of ether oxygens (including phenoxy) is 1. The minimum absolute atomic E-state index is 0.119. The number of nitrogens with zero attached hydrogens (tertiary/aromatic N) is 2. The predicted octanol–water partition coefficient (Wildman–Crippen LogP) is 2.72. The Bertz CT molecular complexity index is 861. The monoisotopic (exact) mass is 403 g/mol. The molecule has 2 heterocycles. The highest BCUT2D eigenvalue weighted by Gasteiger charge is 2.46. The smallest absolute Gasteiger partial charge is 0.265 e. The van der Waals surface area contributed by atoms with Crippen LogP contribution in [0.4, 0.5) is 0 Å². The summed E-state index contributed by atoms with van der Waals surface area (Å²) in [6.07, 6.45) is 0.604. The van der Waals surface area contributed by atoms with Crippen LogP contribution in [0.15, 0.2) is 24.3 Å². The van der Waals surface area contributed by atoms with Gasteiger partial charge in [0.05, 0.1) is 11.1 Å². The standard InChI is InChI=1S/C20H25N3O4S/c1-12-14(3)28-17(21-12)11-27-16-7-5-15(6-8-16)20(4)9-10-23(19(20)25)13(2)18(24)22-26/h5-8,13,26H,9-11H2,1-4H3,(H,22,24). The van der Waals surface area contributed by atoms with E-state index >= 15 is 0 Å². The molecule has 1 aliphatic heterocycles. The molecular formula is C20H25N3O4S. The summed E-state index contributed by atoms with van der Waals surface area (Å²) in [5.41, 5.74) is 2.82. The fourth-order valence-corrected chi connectivity index (χ4v) is 4.25. The molecule has 0 aliphatic carbocycles. The van der Waals surface area contributed by atoms with Gasteiger partial charge < -0.3 is 9.64 Å². The van der Waals surface area contributed by atoms with Crippen molar-refractivity contribution < 1.29 is 19.5 Å². The number of amides is 2. The van der Waals surface area contributed by atoms with Crippen molar-refractivity contribution in [3.63, 3.8) is 0 Å². The SMILES string of the molecule is Cc1nc(COc2ccc(C3(C)CCN(C(C)C(=O)NO)C3=O)cc2)sc1C. The number of thiazole rings is 1. The number of benzene rings is 1. The number of nitrogens with one attached hydrogen (secondary N) is 1. The average Bonchev–Trinajstić information content (AvgIpc) is 3.18. The van der Waals surface area contributed by atoms with Gasteiger partial charge in [-0.15, -0.1) is 11.3 Å². The van der Waals surface area contributed by atoms with Crippen LogP contribution in [0.2, 0.25) is 0 Å². The Hall–Kier alpha value is -2.45. The molecule has 8 heteroatoms. The van der Waals surface area contributed by atoms with Crippen molar-refractivity contribution in [3.8, 4) is 5.75 Å². The molecule has 0 saturated carbocycles. The van der Waals surface area contributed by atoms with Crippen LogP contribution in [0.1, 0.15) is 41.4 Å². The maximum Gasteiger partial charge on any atom is 0.265 e. The lowest BCUT2D eigenvalue weighted by Gasteiger charge is -2.27. The molecule has 2 N–H and O–H groups in total. The predicted molar refractivity (Wildman–Crippen MR) is 105 cm³/mol. The Morgan fingerprint density at radius 1 is 1.39 bits per heavy atom. The van der Waals surface area contributed by atoms with Gasteiger partial charge in [-0.05, 0) is 51.8 Å². The highest BCUT2D eigenvalue weighted by atomic mass is 32.1. The minimum Gasteiger partial charge on any atom is -0.486 e. The number of carbonyl (C=O) groups is 2. The van der Waals surface area contributed by atoms with Crippen LogP contribution in [-0.4, -0.2) is 39.5 Å². The fourth-order valence-electron chi connectivity index (χ4n) is 3.41. The lowest BCUT2D eigenvalue weighted by molar-refractivity contribution is -0.143. The van der Waals surface area contributed by atoms with Crippen LogP contribution >= 0.6 is 11.3 Å². The number of aromatic nitrogens is 1. The first-order chi connectivity index (χ1) is 13.3. The number of likely N-dealkylation sites (tertiary alicyclic amines) is 1. The average molecular weight is 404 g/mol. The van der Waals surface area contributed by atoms with Crippen molar-refractivity contribution in [1.82, 2.24) is 15.4 Å². The number of carbonyl (C=O) groups excluding carboxylic acids is 2. The Kier molecular flexibility index (Phi) is 5.71. The zero-order valence-corrected chi connectivity index (χ0v) is 17.3. The molecule has 7 nitrogen and oxygen atoms in total. The first-order valence-corrected chi connectivity index (χ1v) is 9.99. The van der Waals surface area contributed by atoms with Crippen LogP contribution in [0, 0.1) is 13.8 Å². The summed E-state index contributed by atoms with van der Waals surface area (Å²) in [6.45, 7) is 8.39.